The molecular formula is C13H15NO3S. The molecule has 1 unspecified atom stereocenters. The molecule has 1 saturated heterocycles. The van der Waals surface area contributed by atoms with Gasteiger partial charge in [-0.3, -0.25) is 4.79 Å². The summed E-state index contributed by atoms with van der Waals surface area (Å²) in [4.78, 5) is 23.1. The molecule has 1 atom stereocenters. The van der Waals surface area contributed by atoms with Crippen molar-refractivity contribution in [1.82, 2.24) is 0 Å². The predicted octanol–water partition coefficient (Wildman–Crippen LogP) is 2.31. The maximum Gasteiger partial charge on any atom is 0.337 e. The van der Waals surface area contributed by atoms with E-state index in [9.17, 15) is 9.59 Å². The number of amides is 1. The van der Waals surface area contributed by atoms with Crippen LogP contribution >= 0.6 is 11.8 Å². The quantitative estimate of drug-likeness (QED) is 0.852. The molecular weight excluding hydrogens is 250 g/mol. The van der Waals surface area contributed by atoms with Gasteiger partial charge in [-0.15, -0.1) is 11.8 Å². The van der Waals surface area contributed by atoms with Gasteiger partial charge in [-0.2, -0.15) is 0 Å². The van der Waals surface area contributed by atoms with Crippen molar-refractivity contribution in [2.45, 2.75) is 18.1 Å². The second-order valence-electron chi connectivity index (χ2n) is 4.06. The molecule has 1 aliphatic rings. The van der Waals surface area contributed by atoms with Gasteiger partial charge in [-0.1, -0.05) is 0 Å². The van der Waals surface area contributed by atoms with E-state index in [-0.39, 0.29) is 17.1 Å². The summed E-state index contributed by atoms with van der Waals surface area (Å²) in [7, 11) is 1.34. The molecule has 0 aliphatic carbocycles. The molecule has 1 fully saturated rings. The van der Waals surface area contributed by atoms with Crippen molar-refractivity contribution in [1.29, 1.82) is 0 Å². The highest BCUT2D eigenvalue weighted by atomic mass is 32.2. The average Bonchev–Trinajstić information content (AvgIpc) is 2.92. The van der Waals surface area contributed by atoms with E-state index in [2.05, 4.69) is 10.1 Å². The predicted molar refractivity (Wildman–Crippen MR) is 71.9 cm³/mol. The number of carbonyl (C=O) groups is 2. The van der Waals surface area contributed by atoms with E-state index in [1.54, 1.807) is 36.0 Å². The first kappa shape index (κ1) is 13.0. The SMILES string of the molecule is COC(=O)c1ccc(NC(=O)C2CCCS2)cc1. The lowest BCUT2D eigenvalue weighted by molar-refractivity contribution is -0.115. The molecule has 1 aromatic carbocycles. The summed E-state index contributed by atoms with van der Waals surface area (Å²) in [6.07, 6.45) is 2.04. The zero-order chi connectivity index (χ0) is 13.0. The molecule has 0 saturated carbocycles. The molecule has 1 aliphatic heterocycles. The monoisotopic (exact) mass is 265 g/mol. The van der Waals surface area contributed by atoms with Gasteiger partial charge in [-0.05, 0) is 42.9 Å². The molecule has 0 bridgehead atoms. The number of anilines is 1. The van der Waals surface area contributed by atoms with Crippen molar-refractivity contribution in [3.63, 3.8) is 0 Å². The Morgan fingerprint density at radius 2 is 2.06 bits per heavy atom. The normalized spacial score (nSPS) is 18.4. The van der Waals surface area contributed by atoms with Gasteiger partial charge in [0.15, 0.2) is 0 Å². The van der Waals surface area contributed by atoms with Crippen LogP contribution in [-0.2, 0) is 9.53 Å². The zero-order valence-electron chi connectivity index (χ0n) is 10.1. The van der Waals surface area contributed by atoms with Crippen LogP contribution in [0.4, 0.5) is 5.69 Å². The van der Waals surface area contributed by atoms with E-state index in [1.165, 1.54) is 7.11 Å². The van der Waals surface area contributed by atoms with Crippen LogP contribution in [0.1, 0.15) is 23.2 Å². The Hall–Kier alpha value is -1.49. The van der Waals surface area contributed by atoms with Crippen LogP contribution < -0.4 is 5.32 Å². The first-order chi connectivity index (χ1) is 8.70. The standard InChI is InChI=1S/C13H15NO3S/c1-17-13(16)9-4-6-10(7-5-9)14-12(15)11-3-2-8-18-11/h4-7,11H,2-3,8H2,1H3,(H,14,15). The molecule has 1 N–H and O–H groups in total. The van der Waals surface area contributed by atoms with E-state index in [0.717, 1.165) is 18.6 Å². The van der Waals surface area contributed by atoms with Crippen molar-refractivity contribution in [3.8, 4) is 0 Å². The first-order valence-corrected chi connectivity index (χ1v) is 6.86. The summed E-state index contributed by atoms with van der Waals surface area (Å²) in [6.45, 7) is 0. The van der Waals surface area contributed by atoms with Crippen LogP contribution in [0, 0.1) is 0 Å². The van der Waals surface area contributed by atoms with E-state index < -0.39 is 0 Å². The largest absolute Gasteiger partial charge is 0.465 e. The van der Waals surface area contributed by atoms with E-state index in [1.807, 2.05) is 0 Å². The Kier molecular flexibility index (Phi) is 4.25. The van der Waals surface area contributed by atoms with Crippen LogP contribution in [0.15, 0.2) is 24.3 Å². The zero-order valence-corrected chi connectivity index (χ0v) is 11.0. The van der Waals surface area contributed by atoms with Gasteiger partial charge < -0.3 is 10.1 Å². The Labute approximate surface area is 110 Å². The maximum atomic E-state index is 11.9. The molecule has 1 aromatic rings. The Bertz CT molecular complexity index is 438. The number of nitrogens with one attached hydrogen (secondary N) is 1. The lowest BCUT2D eigenvalue weighted by atomic mass is 10.2. The highest BCUT2D eigenvalue weighted by molar-refractivity contribution is 8.00. The molecule has 4 nitrogen and oxygen atoms in total. The number of ether oxygens (including phenoxy) is 1. The van der Waals surface area contributed by atoms with Crippen molar-refractivity contribution in [3.05, 3.63) is 29.8 Å². The number of thioether (sulfide) groups is 1. The van der Waals surface area contributed by atoms with E-state index in [0.29, 0.717) is 11.3 Å². The van der Waals surface area contributed by atoms with Gasteiger partial charge in [0, 0.05) is 5.69 Å². The topological polar surface area (TPSA) is 55.4 Å². The minimum atomic E-state index is -0.376. The Morgan fingerprint density at radius 1 is 1.33 bits per heavy atom. The van der Waals surface area contributed by atoms with Crippen LogP contribution in [0.25, 0.3) is 0 Å². The third-order valence-corrected chi connectivity index (χ3v) is 4.17. The molecule has 18 heavy (non-hydrogen) atoms. The molecule has 0 spiro atoms. The van der Waals surface area contributed by atoms with E-state index >= 15 is 0 Å². The maximum absolute atomic E-state index is 11.9. The molecule has 0 radical (unpaired) electrons. The summed E-state index contributed by atoms with van der Waals surface area (Å²) in [5, 5.41) is 2.92. The molecule has 2 rings (SSSR count). The van der Waals surface area contributed by atoms with Gasteiger partial charge in [0.2, 0.25) is 5.91 Å². The Morgan fingerprint density at radius 3 is 2.61 bits per heavy atom. The molecule has 1 amide bonds. The lowest BCUT2D eigenvalue weighted by Crippen LogP contribution is -2.22. The number of methoxy groups -OCH3 is 1. The third kappa shape index (κ3) is 3.04. The third-order valence-electron chi connectivity index (χ3n) is 2.80. The number of esters is 1. The van der Waals surface area contributed by atoms with Crippen LogP contribution in [0.3, 0.4) is 0 Å². The first-order valence-electron chi connectivity index (χ1n) is 5.81. The fourth-order valence-corrected chi connectivity index (χ4v) is 2.98. The second kappa shape index (κ2) is 5.91. The molecule has 5 heteroatoms. The summed E-state index contributed by atoms with van der Waals surface area (Å²) < 4.78 is 4.61. The van der Waals surface area contributed by atoms with Crippen LogP contribution in [0.2, 0.25) is 0 Å². The van der Waals surface area contributed by atoms with Gasteiger partial charge in [0.25, 0.3) is 0 Å². The summed E-state index contributed by atoms with van der Waals surface area (Å²) >= 11 is 1.70. The second-order valence-corrected chi connectivity index (χ2v) is 5.37. The number of carbonyl (C=O) groups excluding carboxylic acids is 2. The van der Waals surface area contributed by atoms with Crippen LogP contribution in [0.5, 0.6) is 0 Å². The van der Waals surface area contributed by atoms with Gasteiger partial charge in [-0.25, -0.2) is 4.79 Å². The smallest absolute Gasteiger partial charge is 0.337 e. The van der Waals surface area contributed by atoms with Crippen molar-refractivity contribution in [2.24, 2.45) is 0 Å². The number of benzene rings is 1. The van der Waals surface area contributed by atoms with Crippen LogP contribution in [-0.4, -0.2) is 30.0 Å². The number of hydrogen-bond donors (Lipinski definition) is 1. The van der Waals surface area contributed by atoms with Crippen molar-refractivity contribution in [2.75, 3.05) is 18.2 Å². The fraction of sp³-hybridized carbons (Fsp3) is 0.385. The van der Waals surface area contributed by atoms with E-state index in [4.69, 9.17) is 0 Å². The molecule has 1 heterocycles. The number of hydrogen-bond acceptors (Lipinski definition) is 4. The number of rotatable bonds is 3. The Balaban J connectivity index is 1.97. The summed E-state index contributed by atoms with van der Waals surface area (Å²) in [6, 6.07) is 6.71. The molecule has 96 valence electrons. The highest BCUT2D eigenvalue weighted by Gasteiger charge is 2.23. The fourth-order valence-electron chi connectivity index (χ4n) is 1.81. The lowest BCUT2D eigenvalue weighted by Gasteiger charge is -2.10. The minimum Gasteiger partial charge on any atom is -0.465 e. The van der Waals surface area contributed by atoms with Gasteiger partial charge in [0.1, 0.15) is 0 Å². The summed E-state index contributed by atoms with van der Waals surface area (Å²) in [5.74, 6) is 0.724. The van der Waals surface area contributed by atoms with Crippen molar-refractivity contribution < 1.29 is 14.3 Å². The highest BCUT2D eigenvalue weighted by Crippen LogP contribution is 2.27. The molecule has 0 aromatic heterocycles. The minimum absolute atomic E-state index is 0.0447. The average molecular weight is 265 g/mol. The van der Waals surface area contributed by atoms with Crippen molar-refractivity contribution >= 4 is 29.3 Å². The summed E-state index contributed by atoms with van der Waals surface area (Å²) in [5.41, 5.74) is 1.19. The van der Waals surface area contributed by atoms with Gasteiger partial charge >= 0.3 is 5.97 Å². The van der Waals surface area contributed by atoms with Gasteiger partial charge in [0.05, 0.1) is 17.9 Å².